The van der Waals surface area contributed by atoms with E-state index in [-0.39, 0.29) is 23.9 Å². The molecule has 1 heterocycles. The zero-order chi connectivity index (χ0) is 18.4. The van der Waals surface area contributed by atoms with Gasteiger partial charge < -0.3 is 15.5 Å². The van der Waals surface area contributed by atoms with Gasteiger partial charge in [0.05, 0.1) is 0 Å². The van der Waals surface area contributed by atoms with E-state index in [9.17, 15) is 9.59 Å². The first-order valence-corrected chi connectivity index (χ1v) is 10.9. The number of benzene rings is 1. The van der Waals surface area contributed by atoms with Gasteiger partial charge in [0.25, 0.3) is 0 Å². The summed E-state index contributed by atoms with van der Waals surface area (Å²) >= 11 is 1.66. The van der Waals surface area contributed by atoms with Gasteiger partial charge in [-0.3, -0.25) is 4.79 Å². The van der Waals surface area contributed by atoms with E-state index in [1.165, 1.54) is 19.3 Å². The molecule has 0 radical (unpaired) electrons. The van der Waals surface area contributed by atoms with E-state index in [1.807, 2.05) is 35.4 Å². The van der Waals surface area contributed by atoms with Crippen molar-refractivity contribution in [3.8, 4) is 0 Å². The lowest BCUT2D eigenvalue weighted by Crippen LogP contribution is -2.49. The monoisotopic (exact) mass is 375 g/mol. The van der Waals surface area contributed by atoms with Gasteiger partial charge in [-0.05, 0) is 50.1 Å². The van der Waals surface area contributed by atoms with Crippen LogP contribution >= 0.6 is 11.8 Å². The fraction of sp³-hybridized carbons (Fsp3) is 0.600. The highest BCUT2D eigenvalue weighted by Crippen LogP contribution is 2.24. The van der Waals surface area contributed by atoms with Crippen LogP contribution in [0.3, 0.4) is 0 Å². The van der Waals surface area contributed by atoms with Crippen LogP contribution in [0.4, 0.5) is 10.5 Å². The second-order valence-electron chi connectivity index (χ2n) is 7.27. The van der Waals surface area contributed by atoms with Crippen LogP contribution < -0.4 is 10.6 Å². The van der Waals surface area contributed by atoms with Crippen molar-refractivity contribution in [2.75, 3.05) is 24.7 Å². The molecule has 0 aromatic heterocycles. The molecule has 1 aromatic rings. The van der Waals surface area contributed by atoms with Gasteiger partial charge >= 0.3 is 6.03 Å². The second kappa shape index (κ2) is 9.31. The van der Waals surface area contributed by atoms with E-state index in [0.717, 1.165) is 36.3 Å². The third kappa shape index (κ3) is 5.16. The molecule has 1 aromatic carbocycles. The Hall–Kier alpha value is -1.69. The van der Waals surface area contributed by atoms with E-state index in [4.69, 9.17) is 0 Å². The molecular formula is C20H29N3O2S. The standard InChI is InChI=1S/C20H29N3O2S/c1-26-18-9-5-8-17(14-18)22-20(25)23-12-10-16(11-13-23)21-19(24)15-6-3-2-4-7-15/h5,8-9,14-16H,2-4,6-7,10-13H2,1H3,(H,21,24)(H,22,25). The van der Waals surface area contributed by atoms with Gasteiger partial charge in [-0.2, -0.15) is 0 Å². The second-order valence-corrected chi connectivity index (χ2v) is 8.15. The molecule has 5 nitrogen and oxygen atoms in total. The molecule has 1 aliphatic heterocycles. The summed E-state index contributed by atoms with van der Waals surface area (Å²) in [7, 11) is 0. The number of nitrogens with zero attached hydrogens (tertiary/aromatic N) is 1. The Labute approximate surface area is 160 Å². The van der Waals surface area contributed by atoms with Gasteiger partial charge in [-0.15, -0.1) is 11.8 Å². The first-order valence-electron chi connectivity index (χ1n) is 9.66. The third-order valence-electron chi connectivity index (χ3n) is 5.43. The number of piperidine rings is 1. The summed E-state index contributed by atoms with van der Waals surface area (Å²) in [6.07, 6.45) is 9.35. The van der Waals surface area contributed by atoms with Crippen LogP contribution in [0.2, 0.25) is 0 Å². The normalized spacial score (nSPS) is 19.2. The minimum absolute atomic E-state index is 0.0553. The topological polar surface area (TPSA) is 61.4 Å². The van der Waals surface area contributed by atoms with E-state index in [0.29, 0.717) is 13.1 Å². The fourth-order valence-electron chi connectivity index (χ4n) is 3.81. The zero-order valence-electron chi connectivity index (χ0n) is 15.5. The van der Waals surface area contributed by atoms with Crippen LogP contribution in [0, 0.1) is 5.92 Å². The van der Waals surface area contributed by atoms with E-state index < -0.39 is 0 Å². The summed E-state index contributed by atoms with van der Waals surface area (Å²) in [5, 5.41) is 6.19. The quantitative estimate of drug-likeness (QED) is 0.779. The minimum atomic E-state index is -0.0553. The van der Waals surface area contributed by atoms with Gasteiger partial charge in [0.2, 0.25) is 5.91 Å². The summed E-state index contributed by atoms with van der Waals surface area (Å²) in [6.45, 7) is 1.37. The van der Waals surface area contributed by atoms with Crippen molar-refractivity contribution < 1.29 is 9.59 Å². The zero-order valence-corrected chi connectivity index (χ0v) is 16.3. The van der Waals surface area contributed by atoms with Gasteiger partial charge in [0, 0.05) is 35.6 Å². The van der Waals surface area contributed by atoms with Crippen LogP contribution in [-0.2, 0) is 4.79 Å². The van der Waals surface area contributed by atoms with Crippen LogP contribution in [0.25, 0.3) is 0 Å². The summed E-state index contributed by atoms with van der Waals surface area (Å²) in [5.74, 6) is 0.426. The number of likely N-dealkylation sites (tertiary alicyclic amines) is 1. The average molecular weight is 376 g/mol. The number of thioether (sulfide) groups is 1. The minimum Gasteiger partial charge on any atom is -0.353 e. The lowest BCUT2D eigenvalue weighted by Gasteiger charge is -2.33. The molecule has 6 heteroatoms. The number of carbonyl (C=O) groups is 2. The Balaban J connectivity index is 1.44. The largest absolute Gasteiger partial charge is 0.353 e. The van der Waals surface area contributed by atoms with Crippen molar-refractivity contribution in [3.63, 3.8) is 0 Å². The summed E-state index contributed by atoms with van der Waals surface area (Å²) < 4.78 is 0. The molecule has 0 atom stereocenters. The van der Waals surface area contributed by atoms with Crippen molar-refractivity contribution in [1.82, 2.24) is 10.2 Å². The summed E-state index contributed by atoms with van der Waals surface area (Å²) in [4.78, 5) is 27.8. The Morgan fingerprint density at radius 2 is 1.81 bits per heavy atom. The number of hydrogen-bond donors (Lipinski definition) is 2. The average Bonchev–Trinajstić information content (AvgIpc) is 2.69. The number of amides is 3. The molecular weight excluding hydrogens is 346 g/mol. The highest BCUT2D eigenvalue weighted by atomic mass is 32.2. The maximum atomic E-state index is 12.5. The number of hydrogen-bond acceptors (Lipinski definition) is 3. The molecule has 3 rings (SSSR count). The number of nitrogens with one attached hydrogen (secondary N) is 2. The highest BCUT2D eigenvalue weighted by Gasteiger charge is 2.27. The van der Waals surface area contributed by atoms with Gasteiger partial charge in [-0.1, -0.05) is 25.3 Å². The molecule has 2 N–H and O–H groups in total. The Morgan fingerprint density at radius 3 is 2.50 bits per heavy atom. The Morgan fingerprint density at radius 1 is 1.08 bits per heavy atom. The van der Waals surface area contributed by atoms with Gasteiger partial charge in [0.15, 0.2) is 0 Å². The molecule has 2 aliphatic rings. The molecule has 3 amide bonds. The Kier molecular flexibility index (Phi) is 6.83. The SMILES string of the molecule is CSc1cccc(NC(=O)N2CCC(NC(=O)C3CCCCC3)CC2)c1. The third-order valence-corrected chi connectivity index (χ3v) is 6.15. The predicted molar refractivity (Wildman–Crippen MR) is 107 cm³/mol. The first-order chi connectivity index (χ1) is 12.7. The summed E-state index contributed by atoms with van der Waals surface area (Å²) in [5.41, 5.74) is 0.828. The van der Waals surface area contributed by atoms with Gasteiger partial charge in [0.1, 0.15) is 0 Å². The van der Waals surface area contributed by atoms with Crippen LogP contribution in [0.1, 0.15) is 44.9 Å². The molecule has 0 unspecified atom stereocenters. The molecule has 2 fully saturated rings. The van der Waals surface area contributed by atoms with E-state index in [2.05, 4.69) is 10.6 Å². The fourth-order valence-corrected chi connectivity index (χ4v) is 4.27. The molecule has 1 saturated heterocycles. The first kappa shape index (κ1) is 19.1. The van der Waals surface area contributed by atoms with E-state index in [1.54, 1.807) is 11.8 Å². The molecule has 0 spiro atoms. The molecule has 1 aliphatic carbocycles. The maximum absolute atomic E-state index is 12.5. The summed E-state index contributed by atoms with van der Waals surface area (Å²) in [6, 6.07) is 8.03. The van der Waals surface area contributed by atoms with Crippen molar-refractivity contribution in [2.24, 2.45) is 5.92 Å². The van der Waals surface area contributed by atoms with Crippen molar-refractivity contribution in [3.05, 3.63) is 24.3 Å². The van der Waals surface area contributed by atoms with Crippen molar-refractivity contribution in [2.45, 2.75) is 55.9 Å². The number of rotatable bonds is 4. The highest BCUT2D eigenvalue weighted by molar-refractivity contribution is 7.98. The van der Waals surface area contributed by atoms with Crippen molar-refractivity contribution in [1.29, 1.82) is 0 Å². The van der Waals surface area contributed by atoms with Crippen LogP contribution in [0.5, 0.6) is 0 Å². The molecule has 1 saturated carbocycles. The number of carbonyl (C=O) groups excluding carboxylic acids is 2. The van der Waals surface area contributed by atoms with Crippen LogP contribution in [-0.4, -0.2) is 42.2 Å². The lowest BCUT2D eigenvalue weighted by molar-refractivity contribution is -0.126. The predicted octanol–water partition coefficient (Wildman–Crippen LogP) is 4.10. The molecule has 142 valence electrons. The molecule has 0 bridgehead atoms. The number of anilines is 1. The lowest BCUT2D eigenvalue weighted by atomic mass is 9.88. The van der Waals surface area contributed by atoms with Crippen LogP contribution in [0.15, 0.2) is 29.2 Å². The maximum Gasteiger partial charge on any atom is 0.321 e. The van der Waals surface area contributed by atoms with Gasteiger partial charge in [-0.25, -0.2) is 4.79 Å². The smallest absolute Gasteiger partial charge is 0.321 e. The van der Waals surface area contributed by atoms with E-state index >= 15 is 0 Å². The van der Waals surface area contributed by atoms with Crippen molar-refractivity contribution >= 4 is 29.4 Å². The number of urea groups is 1. The Bertz CT molecular complexity index is 623. The molecule has 26 heavy (non-hydrogen) atoms.